The summed E-state index contributed by atoms with van der Waals surface area (Å²) in [5, 5.41) is 21.9. The van der Waals surface area contributed by atoms with Crippen LogP contribution in [-0.2, 0) is 0 Å². The first-order chi connectivity index (χ1) is 11.5. The highest BCUT2D eigenvalue weighted by molar-refractivity contribution is 6.31. The number of halogens is 1. The van der Waals surface area contributed by atoms with E-state index in [-0.39, 0.29) is 18.0 Å². The Hall–Kier alpha value is -1.99. The molecule has 3 heterocycles. The third kappa shape index (κ3) is 2.48. The van der Waals surface area contributed by atoms with Crippen molar-refractivity contribution >= 4 is 34.2 Å². The molecule has 2 aliphatic rings. The van der Waals surface area contributed by atoms with Crippen molar-refractivity contribution < 1.29 is 9.90 Å². The molecule has 2 atom stereocenters. The minimum atomic E-state index is -0.749. The number of aromatic nitrogens is 2. The average molecular weight is 350 g/mol. The first kappa shape index (κ1) is 15.5. The van der Waals surface area contributed by atoms with Crippen molar-refractivity contribution in [1.29, 1.82) is 0 Å². The maximum atomic E-state index is 11.7. The molecule has 2 aromatic rings. The van der Waals surface area contributed by atoms with Crippen molar-refractivity contribution in [2.45, 2.75) is 25.1 Å². The lowest BCUT2D eigenvalue weighted by Crippen LogP contribution is -2.46. The van der Waals surface area contributed by atoms with Gasteiger partial charge in [0.05, 0.1) is 17.8 Å². The fourth-order valence-electron chi connectivity index (χ4n) is 3.80. The fraction of sp³-hybridized carbons (Fsp3) is 0.500. The summed E-state index contributed by atoms with van der Waals surface area (Å²) in [6, 6.07) is 3.45. The van der Waals surface area contributed by atoms with Gasteiger partial charge in [-0.3, -0.25) is 5.10 Å². The normalized spacial score (nSPS) is 25.5. The number of urea groups is 1. The number of rotatable bonds is 2. The molecular weight excluding hydrogens is 330 g/mol. The number of H-pyrrole nitrogens is 1. The maximum absolute atomic E-state index is 11.7. The molecule has 2 aliphatic heterocycles. The second-order valence-corrected chi connectivity index (χ2v) is 7.02. The van der Waals surface area contributed by atoms with Crippen LogP contribution in [0.15, 0.2) is 18.3 Å². The van der Waals surface area contributed by atoms with E-state index in [0.717, 1.165) is 42.5 Å². The summed E-state index contributed by atoms with van der Waals surface area (Å²) in [6.07, 6.45) is 2.88. The number of carbonyl (C=O) groups excluding carboxylic acids is 1. The molecule has 8 heteroatoms. The maximum Gasteiger partial charge on any atom is 0.319 e. The van der Waals surface area contributed by atoms with Crippen LogP contribution in [0.25, 0.3) is 10.9 Å². The predicted molar refractivity (Wildman–Crippen MR) is 92.1 cm³/mol. The van der Waals surface area contributed by atoms with Crippen molar-refractivity contribution in [3.8, 4) is 0 Å². The van der Waals surface area contributed by atoms with E-state index in [0.29, 0.717) is 5.02 Å². The number of aliphatic hydroxyl groups is 1. The molecule has 2 fully saturated rings. The second kappa shape index (κ2) is 5.82. The monoisotopic (exact) mass is 349 g/mol. The van der Waals surface area contributed by atoms with E-state index in [1.54, 1.807) is 7.05 Å². The van der Waals surface area contributed by atoms with Crippen LogP contribution in [0.3, 0.4) is 0 Å². The fourth-order valence-corrected chi connectivity index (χ4v) is 4.01. The molecule has 1 aromatic heterocycles. The Bertz CT molecular complexity index is 771. The molecular formula is C16H20ClN5O2. The summed E-state index contributed by atoms with van der Waals surface area (Å²) in [6.45, 7) is 1.71. The summed E-state index contributed by atoms with van der Waals surface area (Å²) >= 11 is 6.22. The van der Waals surface area contributed by atoms with Gasteiger partial charge < -0.3 is 20.2 Å². The molecule has 0 bridgehead atoms. The largest absolute Gasteiger partial charge is 0.371 e. The van der Waals surface area contributed by atoms with Gasteiger partial charge in [-0.15, -0.1) is 0 Å². The van der Waals surface area contributed by atoms with Crippen LogP contribution in [0.1, 0.15) is 12.8 Å². The molecule has 2 amide bonds. The predicted octanol–water partition coefficient (Wildman–Crippen LogP) is 1.77. The van der Waals surface area contributed by atoms with Crippen LogP contribution >= 0.6 is 11.6 Å². The number of fused-ring (bicyclic) bond motifs is 1. The Morgan fingerprint density at radius 3 is 2.75 bits per heavy atom. The van der Waals surface area contributed by atoms with Crippen molar-refractivity contribution in [2.24, 2.45) is 5.92 Å². The minimum Gasteiger partial charge on any atom is -0.371 e. The molecule has 0 radical (unpaired) electrons. The molecule has 0 aliphatic carbocycles. The number of likely N-dealkylation sites (N-methyl/N-ethyl adjacent to an activating group) is 1. The van der Waals surface area contributed by atoms with E-state index in [2.05, 4.69) is 20.4 Å². The number of aromatic amines is 1. The Balaban J connectivity index is 1.50. The SMILES string of the molecule is CN1C(=O)NC(C2CCN(c3cc(Cl)cc4[nH]ncc34)CC2)C1O. The number of nitrogens with zero attached hydrogens (tertiary/aromatic N) is 3. The first-order valence-corrected chi connectivity index (χ1v) is 8.51. The van der Waals surface area contributed by atoms with Crippen molar-refractivity contribution in [3.63, 3.8) is 0 Å². The smallest absolute Gasteiger partial charge is 0.319 e. The zero-order valence-electron chi connectivity index (χ0n) is 13.4. The highest BCUT2D eigenvalue weighted by Gasteiger charge is 2.41. The van der Waals surface area contributed by atoms with Gasteiger partial charge in [0.25, 0.3) is 0 Å². The van der Waals surface area contributed by atoms with Gasteiger partial charge >= 0.3 is 6.03 Å². The van der Waals surface area contributed by atoms with Gasteiger partial charge in [-0.25, -0.2) is 4.79 Å². The van der Waals surface area contributed by atoms with E-state index in [4.69, 9.17) is 11.6 Å². The van der Waals surface area contributed by atoms with Crippen LogP contribution in [0.2, 0.25) is 5.02 Å². The Kier molecular flexibility index (Phi) is 3.77. The summed E-state index contributed by atoms with van der Waals surface area (Å²) in [5.41, 5.74) is 2.01. The van der Waals surface area contributed by atoms with E-state index >= 15 is 0 Å². The number of amides is 2. The van der Waals surface area contributed by atoms with Crippen molar-refractivity contribution in [1.82, 2.24) is 20.4 Å². The molecule has 7 nitrogen and oxygen atoms in total. The van der Waals surface area contributed by atoms with E-state index in [1.165, 1.54) is 4.90 Å². The molecule has 1 aromatic carbocycles. The van der Waals surface area contributed by atoms with Crippen LogP contribution in [0.4, 0.5) is 10.5 Å². The number of carbonyl (C=O) groups is 1. The lowest BCUT2D eigenvalue weighted by atomic mass is 9.88. The highest BCUT2D eigenvalue weighted by Crippen LogP contribution is 2.34. The molecule has 128 valence electrons. The standard InChI is InChI=1S/C16H20ClN5O2/c1-21-15(23)14(19-16(21)24)9-2-4-22(5-3-9)13-7-10(17)6-12-11(13)8-18-20-12/h6-9,14-15,23H,2-5H2,1H3,(H,18,20)(H,19,24). The van der Waals surface area contributed by atoms with Crippen LogP contribution in [-0.4, -0.2) is 58.6 Å². The first-order valence-electron chi connectivity index (χ1n) is 8.13. The molecule has 24 heavy (non-hydrogen) atoms. The van der Waals surface area contributed by atoms with Crippen molar-refractivity contribution in [2.75, 3.05) is 25.0 Å². The van der Waals surface area contributed by atoms with Gasteiger partial charge in [-0.2, -0.15) is 5.10 Å². The van der Waals surface area contributed by atoms with E-state index in [9.17, 15) is 9.90 Å². The van der Waals surface area contributed by atoms with Gasteiger partial charge in [0, 0.05) is 36.2 Å². The molecule has 2 unspecified atom stereocenters. The zero-order chi connectivity index (χ0) is 16.8. The minimum absolute atomic E-state index is 0.196. The van der Waals surface area contributed by atoms with Gasteiger partial charge in [-0.1, -0.05) is 11.6 Å². The number of nitrogens with one attached hydrogen (secondary N) is 2. The molecule has 3 N–H and O–H groups in total. The van der Waals surface area contributed by atoms with Crippen LogP contribution in [0.5, 0.6) is 0 Å². The summed E-state index contributed by atoms with van der Waals surface area (Å²) in [4.78, 5) is 15.4. The number of hydrogen-bond donors (Lipinski definition) is 3. The van der Waals surface area contributed by atoms with Crippen LogP contribution < -0.4 is 10.2 Å². The number of benzene rings is 1. The number of piperidine rings is 1. The highest BCUT2D eigenvalue weighted by atomic mass is 35.5. The number of aliphatic hydroxyl groups excluding tert-OH is 1. The summed E-state index contributed by atoms with van der Waals surface area (Å²) < 4.78 is 0. The third-order valence-electron chi connectivity index (χ3n) is 5.22. The summed E-state index contributed by atoms with van der Waals surface area (Å²) in [5.74, 6) is 0.268. The Labute approximate surface area is 144 Å². The summed E-state index contributed by atoms with van der Waals surface area (Å²) in [7, 11) is 1.62. The lowest BCUT2D eigenvalue weighted by molar-refractivity contribution is 0.0359. The van der Waals surface area contributed by atoms with Crippen molar-refractivity contribution in [3.05, 3.63) is 23.4 Å². The topological polar surface area (TPSA) is 84.5 Å². The Morgan fingerprint density at radius 2 is 2.08 bits per heavy atom. The zero-order valence-corrected chi connectivity index (χ0v) is 14.1. The number of hydrogen-bond acceptors (Lipinski definition) is 4. The molecule has 4 rings (SSSR count). The second-order valence-electron chi connectivity index (χ2n) is 6.58. The van der Waals surface area contributed by atoms with Gasteiger partial charge in [-0.05, 0) is 30.9 Å². The molecule has 2 saturated heterocycles. The van der Waals surface area contributed by atoms with E-state index in [1.807, 2.05) is 18.3 Å². The number of anilines is 1. The van der Waals surface area contributed by atoms with E-state index < -0.39 is 6.23 Å². The quantitative estimate of drug-likeness (QED) is 0.771. The van der Waals surface area contributed by atoms with Gasteiger partial charge in [0.1, 0.15) is 0 Å². The molecule has 0 saturated carbocycles. The van der Waals surface area contributed by atoms with Crippen LogP contribution in [0, 0.1) is 5.92 Å². The average Bonchev–Trinajstić information content (AvgIpc) is 3.14. The lowest BCUT2D eigenvalue weighted by Gasteiger charge is -2.37. The molecule has 0 spiro atoms. The van der Waals surface area contributed by atoms with Gasteiger partial charge in [0.2, 0.25) is 0 Å². The van der Waals surface area contributed by atoms with Gasteiger partial charge in [0.15, 0.2) is 6.23 Å². The third-order valence-corrected chi connectivity index (χ3v) is 5.44. The Morgan fingerprint density at radius 1 is 1.33 bits per heavy atom.